The first-order valence-corrected chi connectivity index (χ1v) is 10.2. The van der Waals surface area contributed by atoms with Crippen LogP contribution < -0.4 is 4.90 Å². The Labute approximate surface area is 165 Å². The minimum Gasteiger partial charge on any atom is -0.503 e. The second-order valence-corrected chi connectivity index (χ2v) is 8.38. The molecule has 136 valence electrons. The summed E-state index contributed by atoms with van der Waals surface area (Å²) >= 11 is 2.76. The van der Waals surface area contributed by atoms with E-state index in [-0.39, 0.29) is 11.4 Å². The maximum absolute atomic E-state index is 13.1. The summed E-state index contributed by atoms with van der Waals surface area (Å²) in [5.74, 6) is -1.31. The maximum Gasteiger partial charge on any atom is 0.294 e. The zero-order valence-corrected chi connectivity index (χ0v) is 16.4. The van der Waals surface area contributed by atoms with Crippen LogP contribution in [-0.4, -0.2) is 16.8 Å². The largest absolute Gasteiger partial charge is 0.503 e. The van der Waals surface area contributed by atoms with Gasteiger partial charge < -0.3 is 5.11 Å². The number of benzene rings is 1. The first-order chi connectivity index (χ1) is 13.0. The molecule has 1 N–H and O–H groups in total. The fourth-order valence-corrected chi connectivity index (χ4v) is 4.82. The molecule has 1 aliphatic rings. The zero-order chi connectivity index (χ0) is 19.1. The molecule has 0 saturated carbocycles. The molecule has 4 nitrogen and oxygen atoms in total. The summed E-state index contributed by atoms with van der Waals surface area (Å²) in [6, 6.07) is 12.5. The van der Waals surface area contributed by atoms with Gasteiger partial charge >= 0.3 is 0 Å². The quantitative estimate of drug-likeness (QED) is 0.617. The Morgan fingerprint density at radius 2 is 1.81 bits per heavy atom. The number of carbonyl (C=O) groups excluding carboxylic acids is 2. The van der Waals surface area contributed by atoms with Crippen molar-refractivity contribution in [1.82, 2.24) is 0 Å². The Balaban J connectivity index is 1.90. The van der Waals surface area contributed by atoms with Crippen LogP contribution in [0, 0.1) is 13.8 Å². The summed E-state index contributed by atoms with van der Waals surface area (Å²) in [7, 11) is 0. The number of carbonyl (C=O) groups is 2. The maximum atomic E-state index is 13.1. The van der Waals surface area contributed by atoms with Crippen LogP contribution in [0.3, 0.4) is 0 Å². The molecule has 1 aromatic carbocycles. The number of rotatable bonds is 4. The van der Waals surface area contributed by atoms with Crippen LogP contribution >= 0.6 is 22.7 Å². The number of aliphatic hydroxyl groups is 1. The number of anilines is 1. The first kappa shape index (κ1) is 17.7. The van der Waals surface area contributed by atoms with Crippen molar-refractivity contribution in [3.05, 3.63) is 85.4 Å². The van der Waals surface area contributed by atoms with Crippen molar-refractivity contribution in [2.45, 2.75) is 19.9 Å². The average molecular weight is 396 g/mol. The van der Waals surface area contributed by atoms with E-state index in [1.54, 1.807) is 17.0 Å². The van der Waals surface area contributed by atoms with E-state index in [1.165, 1.54) is 22.7 Å². The third-order valence-corrected chi connectivity index (χ3v) is 6.43. The normalized spacial score (nSPS) is 17.0. The number of aliphatic hydroxyl groups excluding tert-OH is 1. The summed E-state index contributed by atoms with van der Waals surface area (Å²) < 4.78 is 0. The lowest BCUT2D eigenvalue weighted by molar-refractivity contribution is -0.117. The van der Waals surface area contributed by atoms with Gasteiger partial charge in [0.2, 0.25) is 5.78 Å². The molecule has 1 atom stereocenters. The van der Waals surface area contributed by atoms with Gasteiger partial charge in [0, 0.05) is 10.6 Å². The lowest BCUT2D eigenvalue weighted by Crippen LogP contribution is -2.31. The van der Waals surface area contributed by atoms with Crippen molar-refractivity contribution >= 4 is 40.1 Å². The van der Waals surface area contributed by atoms with Crippen molar-refractivity contribution in [1.29, 1.82) is 0 Å². The number of thiophene rings is 2. The Morgan fingerprint density at radius 1 is 1.07 bits per heavy atom. The van der Waals surface area contributed by atoms with E-state index in [0.29, 0.717) is 10.6 Å². The molecule has 1 aliphatic heterocycles. The lowest BCUT2D eigenvalue weighted by Gasteiger charge is -2.27. The van der Waals surface area contributed by atoms with Crippen LogP contribution in [-0.2, 0) is 4.79 Å². The third kappa shape index (κ3) is 2.91. The van der Waals surface area contributed by atoms with Crippen LogP contribution in [0.15, 0.2) is 64.6 Å². The van der Waals surface area contributed by atoms with E-state index in [4.69, 9.17) is 0 Å². The second-order valence-electron chi connectivity index (χ2n) is 6.45. The van der Waals surface area contributed by atoms with Crippen LogP contribution in [0.1, 0.15) is 31.7 Å². The van der Waals surface area contributed by atoms with Gasteiger partial charge in [0.25, 0.3) is 5.91 Å². The molecule has 0 radical (unpaired) electrons. The summed E-state index contributed by atoms with van der Waals surface area (Å²) in [4.78, 5) is 29.0. The van der Waals surface area contributed by atoms with Gasteiger partial charge in [-0.3, -0.25) is 14.5 Å². The minimum atomic E-state index is -0.632. The molecule has 0 fully saturated rings. The second kappa shape index (κ2) is 6.79. The van der Waals surface area contributed by atoms with Crippen LogP contribution in [0.25, 0.3) is 0 Å². The topological polar surface area (TPSA) is 57.6 Å². The molecule has 0 saturated heterocycles. The molecular formula is C21H17NO3S2. The monoisotopic (exact) mass is 395 g/mol. The molecular weight excluding hydrogens is 378 g/mol. The van der Waals surface area contributed by atoms with E-state index < -0.39 is 17.7 Å². The highest BCUT2D eigenvalue weighted by molar-refractivity contribution is 7.12. The van der Waals surface area contributed by atoms with Crippen molar-refractivity contribution in [3.63, 3.8) is 0 Å². The van der Waals surface area contributed by atoms with Gasteiger partial charge in [-0.1, -0.05) is 24.3 Å². The van der Waals surface area contributed by atoms with Crippen molar-refractivity contribution < 1.29 is 14.7 Å². The molecule has 6 heteroatoms. The van der Waals surface area contributed by atoms with Crippen LogP contribution in [0.5, 0.6) is 0 Å². The molecule has 0 bridgehead atoms. The van der Waals surface area contributed by atoms with Gasteiger partial charge in [-0.15, -0.1) is 22.7 Å². The molecule has 1 amide bonds. The number of amides is 1. The fourth-order valence-electron chi connectivity index (χ4n) is 3.32. The highest BCUT2D eigenvalue weighted by Crippen LogP contribution is 2.44. The van der Waals surface area contributed by atoms with Gasteiger partial charge in [0.1, 0.15) is 6.04 Å². The van der Waals surface area contributed by atoms with E-state index in [0.717, 1.165) is 16.0 Å². The number of hydrogen-bond donors (Lipinski definition) is 1. The van der Waals surface area contributed by atoms with Crippen molar-refractivity contribution in [2.24, 2.45) is 0 Å². The van der Waals surface area contributed by atoms with Crippen LogP contribution in [0.2, 0.25) is 0 Å². The Kier molecular flexibility index (Phi) is 4.45. The summed E-state index contributed by atoms with van der Waals surface area (Å²) in [6.07, 6.45) is 0. The van der Waals surface area contributed by atoms with Crippen molar-refractivity contribution in [2.75, 3.05) is 4.90 Å². The van der Waals surface area contributed by atoms with E-state index in [2.05, 4.69) is 0 Å². The Hall–Kier alpha value is -2.70. The molecule has 0 spiro atoms. The van der Waals surface area contributed by atoms with E-state index >= 15 is 0 Å². The highest BCUT2D eigenvalue weighted by Gasteiger charge is 2.45. The zero-order valence-electron chi connectivity index (χ0n) is 14.8. The first-order valence-electron chi connectivity index (χ1n) is 8.44. The predicted molar refractivity (Wildman–Crippen MR) is 109 cm³/mol. The Bertz CT molecular complexity index is 1050. The van der Waals surface area contributed by atoms with E-state index in [1.807, 2.05) is 54.9 Å². The molecule has 27 heavy (non-hydrogen) atoms. The van der Waals surface area contributed by atoms with Gasteiger partial charge in [0.15, 0.2) is 5.76 Å². The molecule has 4 rings (SSSR count). The smallest absolute Gasteiger partial charge is 0.294 e. The standard InChI is InChI=1S/C21H17NO3S2/c1-12-7-8-13(2)14(11-12)22-18(15-5-3-9-26-15)17(20(24)21(22)25)19(23)16-6-4-10-27-16/h3-11,18,24H,1-2H3. The van der Waals surface area contributed by atoms with Gasteiger partial charge in [-0.2, -0.15) is 0 Å². The average Bonchev–Trinajstić information content (AvgIpc) is 3.39. The molecule has 3 aromatic rings. The minimum absolute atomic E-state index is 0.144. The molecule has 2 aromatic heterocycles. The Morgan fingerprint density at radius 3 is 2.48 bits per heavy atom. The number of hydrogen-bond acceptors (Lipinski definition) is 5. The summed E-state index contributed by atoms with van der Waals surface area (Å²) in [5, 5.41) is 14.4. The molecule has 3 heterocycles. The number of Topliss-reactive ketones (excluding diaryl/α,β-unsaturated/α-hetero) is 1. The lowest BCUT2D eigenvalue weighted by atomic mass is 10.00. The van der Waals surface area contributed by atoms with Gasteiger partial charge in [-0.05, 0) is 53.9 Å². The van der Waals surface area contributed by atoms with Crippen LogP contribution in [0.4, 0.5) is 5.69 Å². The van der Waals surface area contributed by atoms with Crippen molar-refractivity contribution in [3.8, 4) is 0 Å². The number of nitrogens with zero attached hydrogens (tertiary/aromatic N) is 1. The van der Waals surface area contributed by atoms with Gasteiger partial charge in [-0.25, -0.2) is 0 Å². The number of ketones is 1. The molecule has 1 unspecified atom stereocenters. The van der Waals surface area contributed by atoms with Gasteiger partial charge in [0.05, 0.1) is 10.5 Å². The number of aryl methyl sites for hydroxylation is 2. The molecule has 0 aliphatic carbocycles. The SMILES string of the molecule is Cc1ccc(C)c(N2C(=O)C(O)=C(C(=O)c3cccs3)C2c2cccs2)c1. The third-order valence-electron chi connectivity index (χ3n) is 4.63. The summed E-state index contributed by atoms with van der Waals surface area (Å²) in [6.45, 7) is 3.87. The highest BCUT2D eigenvalue weighted by atomic mass is 32.1. The predicted octanol–water partition coefficient (Wildman–Crippen LogP) is 5.21. The fraction of sp³-hybridized carbons (Fsp3) is 0.143. The van der Waals surface area contributed by atoms with E-state index in [9.17, 15) is 14.7 Å². The summed E-state index contributed by atoms with van der Waals surface area (Å²) in [5.41, 5.74) is 2.77.